The second-order valence-corrected chi connectivity index (χ2v) is 8.70. The Bertz CT molecular complexity index is 1390. The van der Waals surface area contributed by atoms with Crippen molar-refractivity contribution in [3.63, 3.8) is 0 Å². The monoisotopic (exact) mass is 507 g/mol. The molecule has 13 heteroatoms. The Balaban J connectivity index is 1.24. The number of nitrogens with zero attached hydrogens (tertiary/aromatic N) is 3. The van der Waals surface area contributed by atoms with Crippen LogP contribution in [0.25, 0.3) is 33.7 Å². The van der Waals surface area contributed by atoms with Crippen molar-refractivity contribution in [2.24, 2.45) is 0 Å². The summed E-state index contributed by atoms with van der Waals surface area (Å²) in [5.41, 5.74) is 1.82. The molecule has 0 spiro atoms. The molecule has 0 aliphatic carbocycles. The quantitative estimate of drug-likeness (QED) is 0.386. The van der Waals surface area contributed by atoms with E-state index in [9.17, 15) is 18.3 Å². The van der Waals surface area contributed by atoms with E-state index in [-0.39, 0.29) is 31.0 Å². The van der Waals surface area contributed by atoms with Gasteiger partial charge in [0.25, 0.3) is 6.01 Å². The lowest BCUT2D eigenvalue weighted by Gasteiger charge is -2.15. The van der Waals surface area contributed by atoms with Crippen molar-refractivity contribution in [3.8, 4) is 28.5 Å². The van der Waals surface area contributed by atoms with Crippen molar-refractivity contribution in [1.82, 2.24) is 25.1 Å². The average molecular weight is 508 g/mol. The molecule has 4 aromatic rings. The molecule has 4 atom stereocenters. The van der Waals surface area contributed by atoms with Crippen molar-refractivity contribution in [2.45, 2.75) is 30.6 Å². The van der Waals surface area contributed by atoms with E-state index in [1.165, 1.54) is 0 Å². The molecule has 0 unspecified atom stereocenters. The summed E-state index contributed by atoms with van der Waals surface area (Å²) in [7, 11) is 0. The summed E-state index contributed by atoms with van der Waals surface area (Å²) < 4.78 is 55.5. The lowest BCUT2D eigenvalue weighted by atomic mass is 10.1. The van der Waals surface area contributed by atoms with Crippen molar-refractivity contribution in [1.29, 1.82) is 0 Å². The highest BCUT2D eigenvalue weighted by molar-refractivity contribution is 6.33. The number of aromatic nitrogens is 5. The molecular formula is C22H17ClF3N5O4. The number of aliphatic hydroxyl groups excluding tert-OH is 1. The number of aliphatic hydroxyl groups is 1. The van der Waals surface area contributed by atoms with Gasteiger partial charge in [-0.2, -0.15) is 23.3 Å². The number of hydrogen-bond donors (Lipinski definition) is 3. The first-order valence-corrected chi connectivity index (χ1v) is 11.0. The average Bonchev–Trinajstić information content (AvgIpc) is 3.59. The second-order valence-electron chi connectivity index (χ2n) is 8.29. The molecule has 0 saturated carbocycles. The van der Waals surface area contributed by atoms with Crippen molar-refractivity contribution < 1.29 is 32.5 Å². The van der Waals surface area contributed by atoms with E-state index in [4.69, 9.17) is 25.8 Å². The fourth-order valence-corrected chi connectivity index (χ4v) is 4.53. The number of H-pyrrole nitrogens is 2. The Kier molecular flexibility index (Phi) is 5.22. The maximum absolute atomic E-state index is 12.8. The minimum atomic E-state index is -4.52. The Morgan fingerprint density at radius 2 is 1.77 bits per heavy atom. The molecule has 0 bridgehead atoms. The number of alkyl halides is 3. The third-order valence-corrected chi connectivity index (χ3v) is 6.28. The molecule has 2 aliphatic rings. The van der Waals surface area contributed by atoms with Gasteiger partial charge in [-0.3, -0.25) is 5.10 Å². The molecule has 3 aromatic heterocycles. The Morgan fingerprint density at radius 3 is 2.51 bits per heavy atom. The van der Waals surface area contributed by atoms with Crippen LogP contribution < -0.4 is 4.74 Å². The first-order valence-electron chi connectivity index (χ1n) is 10.6. The number of fused-ring (bicyclic) bond motifs is 2. The van der Waals surface area contributed by atoms with Crippen LogP contribution in [0.4, 0.5) is 13.2 Å². The van der Waals surface area contributed by atoms with Gasteiger partial charge >= 0.3 is 6.18 Å². The number of rotatable bonds is 4. The van der Waals surface area contributed by atoms with Crippen LogP contribution >= 0.6 is 11.6 Å². The molecule has 5 heterocycles. The van der Waals surface area contributed by atoms with Crippen LogP contribution in [0.1, 0.15) is 5.69 Å². The first-order chi connectivity index (χ1) is 16.8. The third-order valence-electron chi connectivity index (χ3n) is 5.99. The van der Waals surface area contributed by atoms with Gasteiger partial charge in [0, 0.05) is 5.56 Å². The molecule has 9 nitrogen and oxygen atoms in total. The van der Waals surface area contributed by atoms with Gasteiger partial charge in [0.1, 0.15) is 18.3 Å². The van der Waals surface area contributed by atoms with Crippen LogP contribution in [0.3, 0.4) is 0 Å². The fourth-order valence-electron chi connectivity index (χ4n) is 4.26. The van der Waals surface area contributed by atoms with Gasteiger partial charge in [0.05, 0.1) is 35.1 Å². The minimum absolute atomic E-state index is 0.193. The summed E-state index contributed by atoms with van der Waals surface area (Å²) in [6, 6.07) is 9.54. The first kappa shape index (κ1) is 22.3. The van der Waals surface area contributed by atoms with Crippen LogP contribution in [-0.2, 0) is 15.7 Å². The number of halogens is 4. The third kappa shape index (κ3) is 4.01. The van der Waals surface area contributed by atoms with E-state index < -0.39 is 30.2 Å². The summed E-state index contributed by atoms with van der Waals surface area (Å²) in [4.78, 5) is 11.9. The smallest absolute Gasteiger partial charge is 0.435 e. The second kappa shape index (κ2) is 8.19. The highest BCUT2D eigenvalue weighted by Gasteiger charge is 2.48. The topological polar surface area (TPSA) is 118 Å². The van der Waals surface area contributed by atoms with Crippen LogP contribution in [0.2, 0.25) is 5.02 Å². The predicted molar refractivity (Wildman–Crippen MR) is 117 cm³/mol. The Labute approximate surface area is 200 Å². The largest absolute Gasteiger partial charge is 0.456 e. The number of pyridine rings is 1. The molecule has 6 rings (SSSR count). The highest BCUT2D eigenvalue weighted by Crippen LogP contribution is 2.34. The number of ether oxygens (including phenoxy) is 3. The summed E-state index contributed by atoms with van der Waals surface area (Å²) >= 11 is 6.46. The predicted octanol–water partition coefficient (Wildman–Crippen LogP) is 3.59. The summed E-state index contributed by atoms with van der Waals surface area (Å²) in [6.07, 6.45) is -6.44. The zero-order valence-electron chi connectivity index (χ0n) is 17.7. The lowest BCUT2D eigenvalue weighted by molar-refractivity contribution is -0.141. The normalized spacial score (nSPS) is 24.3. The Hall–Kier alpha value is -3.19. The summed E-state index contributed by atoms with van der Waals surface area (Å²) in [5.74, 6) is 0. The molecular weight excluding hydrogens is 491 g/mol. The van der Waals surface area contributed by atoms with Crippen LogP contribution in [0.5, 0.6) is 6.01 Å². The SMILES string of the molecule is O[C@@H]1CO[C@H]2[C@@H]1OC[C@H]2Oc1nc2nc(-c3ccc(-c4cc(C(F)(F)F)n[nH]4)cc3)c(Cl)cc2[nH]1. The van der Waals surface area contributed by atoms with Gasteiger partial charge in [-0.1, -0.05) is 35.9 Å². The molecule has 1 aromatic carbocycles. The summed E-state index contributed by atoms with van der Waals surface area (Å²) in [5, 5.41) is 16.0. The maximum atomic E-state index is 12.8. The van der Waals surface area contributed by atoms with Crippen molar-refractivity contribution >= 4 is 22.8 Å². The van der Waals surface area contributed by atoms with Gasteiger partial charge in [0.15, 0.2) is 17.4 Å². The maximum Gasteiger partial charge on any atom is 0.435 e. The number of benzene rings is 1. The highest BCUT2D eigenvalue weighted by atomic mass is 35.5. The number of hydrogen-bond acceptors (Lipinski definition) is 7. The van der Waals surface area contributed by atoms with E-state index in [1.54, 1.807) is 30.3 Å². The standard InChI is InChI=1S/C22H17ClF3N5O4/c23-11-5-13-20(29-21(27-13)35-15-8-34-18-14(32)7-33-19(15)18)28-17(11)10-3-1-9(2-4-10)12-6-16(31-30-12)22(24,25)26/h1-6,14-15,18-19,32H,7-8H2,(H,30,31)(H,27,28,29)/t14-,15-,18-,19-/m1/s1. The van der Waals surface area contributed by atoms with Gasteiger partial charge in [-0.15, -0.1) is 0 Å². The number of nitrogens with one attached hydrogen (secondary N) is 2. The fraction of sp³-hybridized carbons (Fsp3) is 0.318. The zero-order valence-corrected chi connectivity index (χ0v) is 18.5. The van der Waals surface area contributed by atoms with E-state index in [1.807, 2.05) is 0 Å². The van der Waals surface area contributed by atoms with Crippen LogP contribution in [0, 0.1) is 0 Å². The lowest BCUT2D eigenvalue weighted by Crippen LogP contribution is -2.34. The van der Waals surface area contributed by atoms with Gasteiger partial charge in [-0.25, -0.2) is 4.98 Å². The Morgan fingerprint density at radius 1 is 1.03 bits per heavy atom. The van der Waals surface area contributed by atoms with Crippen LogP contribution in [-0.4, -0.2) is 67.9 Å². The zero-order chi connectivity index (χ0) is 24.3. The summed E-state index contributed by atoms with van der Waals surface area (Å²) in [6.45, 7) is 0.453. The van der Waals surface area contributed by atoms with Crippen molar-refractivity contribution in [3.05, 3.63) is 47.1 Å². The molecule has 35 heavy (non-hydrogen) atoms. The molecule has 2 fully saturated rings. The van der Waals surface area contributed by atoms with E-state index in [0.29, 0.717) is 33.0 Å². The molecule has 0 radical (unpaired) electrons. The van der Waals surface area contributed by atoms with Gasteiger partial charge in [-0.05, 0) is 17.7 Å². The minimum Gasteiger partial charge on any atom is -0.456 e. The molecule has 2 aliphatic heterocycles. The molecule has 3 N–H and O–H groups in total. The molecule has 182 valence electrons. The van der Waals surface area contributed by atoms with Crippen molar-refractivity contribution in [2.75, 3.05) is 13.2 Å². The van der Waals surface area contributed by atoms with Gasteiger partial charge in [0.2, 0.25) is 0 Å². The molecule has 0 amide bonds. The van der Waals surface area contributed by atoms with E-state index in [0.717, 1.165) is 6.07 Å². The van der Waals surface area contributed by atoms with Crippen LogP contribution in [0.15, 0.2) is 36.4 Å². The number of imidazole rings is 1. The number of aromatic amines is 2. The van der Waals surface area contributed by atoms with Gasteiger partial charge < -0.3 is 24.3 Å². The van der Waals surface area contributed by atoms with E-state index in [2.05, 4.69) is 25.1 Å². The van der Waals surface area contributed by atoms with E-state index >= 15 is 0 Å². The molecule has 2 saturated heterocycles.